The second-order valence-electron chi connectivity index (χ2n) is 5.78. The summed E-state index contributed by atoms with van der Waals surface area (Å²) in [5.74, 6) is 0.375. The number of aliphatic imine (C=N–C) groups is 1. The van der Waals surface area contributed by atoms with Gasteiger partial charge >= 0.3 is 0 Å². The third-order valence-corrected chi connectivity index (χ3v) is 4.08. The molecular formula is C21H16ClN3O2. The number of benzene rings is 3. The lowest BCUT2D eigenvalue weighted by atomic mass is 10.0. The van der Waals surface area contributed by atoms with Gasteiger partial charge in [-0.25, -0.2) is 4.99 Å². The van der Waals surface area contributed by atoms with Crippen LogP contribution in [-0.2, 0) is 0 Å². The summed E-state index contributed by atoms with van der Waals surface area (Å²) in [4.78, 5) is 14.8. The Hall–Kier alpha value is -3.44. The van der Waals surface area contributed by atoms with Crippen molar-refractivity contribution in [3.63, 3.8) is 0 Å². The van der Waals surface area contributed by atoms with Crippen LogP contribution in [0.2, 0.25) is 5.02 Å². The number of hydrogen-bond acceptors (Lipinski definition) is 3. The van der Waals surface area contributed by atoms with E-state index in [0.717, 1.165) is 22.4 Å². The molecule has 0 saturated carbocycles. The Balaban J connectivity index is 1.73. The summed E-state index contributed by atoms with van der Waals surface area (Å²) in [6, 6.07) is 21.3. The molecule has 134 valence electrons. The first kappa shape index (κ1) is 18.4. The molecule has 3 rings (SSSR count). The van der Waals surface area contributed by atoms with Gasteiger partial charge in [0.15, 0.2) is 0 Å². The highest BCUT2D eigenvalue weighted by atomic mass is 35.5. The molecule has 0 aliphatic carbocycles. The van der Waals surface area contributed by atoms with Crippen LogP contribution in [0.4, 0.5) is 11.4 Å². The summed E-state index contributed by atoms with van der Waals surface area (Å²) < 4.78 is 0. The average Bonchev–Trinajstić information content (AvgIpc) is 2.69. The van der Waals surface area contributed by atoms with Crippen molar-refractivity contribution in [1.29, 1.82) is 0 Å². The van der Waals surface area contributed by atoms with Crippen molar-refractivity contribution >= 4 is 34.9 Å². The molecule has 0 aliphatic rings. The molecule has 0 amide bonds. The van der Waals surface area contributed by atoms with Crippen LogP contribution in [0.25, 0.3) is 17.2 Å². The first-order valence-corrected chi connectivity index (χ1v) is 8.52. The third-order valence-electron chi connectivity index (χ3n) is 3.83. The lowest BCUT2D eigenvalue weighted by molar-refractivity contribution is -0.384. The smallest absolute Gasteiger partial charge is 0.270 e. The van der Waals surface area contributed by atoms with E-state index in [1.807, 2.05) is 36.4 Å². The first-order valence-electron chi connectivity index (χ1n) is 8.14. The van der Waals surface area contributed by atoms with Crippen molar-refractivity contribution in [1.82, 2.24) is 0 Å². The van der Waals surface area contributed by atoms with E-state index in [2.05, 4.69) is 4.99 Å². The number of nitrogens with two attached hydrogens (primary N) is 1. The van der Waals surface area contributed by atoms with Crippen LogP contribution in [0.3, 0.4) is 0 Å². The van der Waals surface area contributed by atoms with Gasteiger partial charge in [0.25, 0.3) is 5.69 Å². The standard InChI is InChI=1S/C21H16ClN3O2/c22-18-9-11-19(12-10-18)24-21(23)13-6-15-4-7-16(8-5-15)17-2-1-3-20(14-17)25(26)27/h1-14H,(H2,23,24). The second kappa shape index (κ2) is 8.29. The van der Waals surface area contributed by atoms with Crippen molar-refractivity contribution in [2.45, 2.75) is 0 Å². The van der Waals surface area contributed by atoms with Crippen molar-refractivity contribution in [2.24, 2.45) is 10.7 Å². The quantitative estimate of drug-likeness (QED) is 0.271. The van der Waals surface area contributed by atoms with E-state index in [-0.39, 0.29) is 5.69 Å². The Morgan fingerprint density at radius 2 is 1.70 bits per heavy atom. The highest BCUT2D eigenvalue weighted by Crippen LogP contribution is 2.24. The molecule has 0 spiro atoms. The molecule has 0 bridgehead atoms. The number of rotatable bonds is 5. The molecule has 0 atom stereocenters. The highest BCUT2D eigenvalue weighted by Gasteiger charge is 2.06. The zero-order valence-electron chi connectivity index (χ0n) is 14.2. The fraction of sp³-hybridized carbons (Fsp3) is 0. The molecule has 0 radical (unpaired) electrons. The van der Waals surface area contributed by atoms with Crippen molar-refractivity contribution in [3.8, 4) is 11.1 Å². The molecule has 0 fully saturated rings. The van der Waals surface area contributed by atoms with Gasteiger partial charge in [0.05, 0.1) is 10.6 Å². The number of halogens is 1. The maximum atomic E-state index is 10.9. The number of nitro groups is 1. The van der Waals surface area contributed by atoms with E-state index in [1.165, 1.54) is 6.07 Å². The topological polar surface area (TPSA) is 81.5 Å². The number of nitro benzene ring substituents is 1. The van der Waals surface area contributed by atoms with Crippen LogP contribution < -0.4 is 5.73 Å². The molecule has 5 nitrogen and oxygen atoms in total. The summed E-state index contributed by atoms with van der Waals surface area (Å²) in [5, 5.41) is 11.5. The molecule has 3 aromatic carbocycles. The molecule has 0 heterocycles. The first-order chi connectivity index (χ1) is 13.0. The number of amidine groups is 1. The van der Waals surface area contributed by atoms with Gasteiger partial charge in [-0.15, -0.1) is 0 Å². The van der Waals surface area contributed by atoms with Crippen LogP contribution >= 0.6 is 11.6 Å². The van der Waals surface area contributed by atoms with Crippen molar-refractivity contribution < 1.29 is 4.92 Å². The Morgan fingerprint density at radius 3 is 2.37 bits per heavy atom. The van der Waals surface area contributed by atoms with Gasteiger partial charge < -0.3 is 5.73 Å². The summed E-state index contributed by atoms with van der Waals surface area (Å²) >= 11 is 5.84. The lowest BCUT2D eigenvalue weighted by Crippen LogP contribution is -2.06. The number of non-ortho nitro benzene ring substituents is 1. The molecule has 0 aliphatic heterocycles. The molecule has 0 aromatic heterocycles. The fourth-order valence-electron chi connectivity index (χ4n) is 2.47. The van der Waals surface area contributed by atoms with Crippen LogP contribution in [-0.4, -0.2) is 10.8 Å². The number of hydrogen-bond donors (Lipinski definition) is 1. The van der Waals surface area contributed by atoms with E-state index in [4.69, 9.17) is 17.3 Å². The minimum absolute atomic E-state index is 0.0719. The normalized spacial score (nSPS) is 11.7. The number of nitrogens with zero attached hydrogens (tertiary/aromatic N) is 2. The van der Waals surface area contributed by atoms with Gasteiger partial charge in [-0.1, -0.05) is 54.1 Å². The molecule has 0 unspecified atom stereocenters. The minimum Gasteiger partial charge on any atom is -0.384 e. The Kier molecular flexibility index (Phi) is 5.64. The summed E-state index contributed by atoms with van der Waals surface area (Å²) in [5.41, 5.74) is 9.36. The van der Waals surface area contributed by atoms with Crippen LogP contribution in [0.1, 0.15) is 5.56 Å². The van der Waals surface area contributed by atoms with Gasteiger partial charge in [0.2, 0.25) is 0 Å². The van der Waals surface area contributed by atoms with Gasteiger partial charge in [-0.3, -0.25) is 10.1 Å². The van der Waals surface area contributed by atoms with E-state index >= 15 is 0 Å². The van der Waals surface area contributed by atoms with E-state index in [0.29, 0.717) is 10.9 Å². The van der Waals surface area contributed by atoms with Gasteiger partial charge in [0.1, 0.15) is 5.84 Å². The zero-order valence-corrected chi connectivity index (χ0v) is 15.0. The lowest BCUT2D eigenvalue weighted by Gasteiger charge is -2.02. The summed E-state index contributed by atoms with van der Waals surface area (Å²) in [6.07, 6.45) is 3.57. The monoisotopic (exact) mass is 377 g/mol. The van der Waals surface area contributed by atoms with Gasteiger partial charge in [-0.2, -0.15) is 0 Å². The van der Waals surface area contributed by atoms with Crippen LogP contribution in [0.15, 0.2) is 83.9 Å². The van der Waals surface area contributed by atoms with Crippen LogP contribution in [0.5, 0.6) is 0 Å². The highest BCUT2D eigenvalue weighted by molar-refractivity contribution is 6.30. The Morgan fingerprint density at radius 1 is 1.00 bits per heavy atom. The largest absolute Gasteiger partial charge is 0.384 e. The Bertz CT molecular complexity index is 1010. The van der Waals surface area contributed by atoms with Crippen molar-refractivity contribution in [3.05, 3.63) is 99.6 Å². The van der Waals surface area contributed by atoms with E-state index in [1.54, 1.807) is 42.5 Å². The Labute approximate surface area is 161 Å². The maximum Gasteiger partial charge on any atom is 0.270 e. The SMILES string of the molecule is NC(C=Cc1ccc(-c2cccc([N+](=O)[O-])c2)cc1)=Nc1ccc(Cl)cc1. The molecule has 6 heteroatoms. The molecule has 3 aromatic rings. The zero-order chi connectivity index (χ0) is 19.2. The van der Waals surface area contributed by atoms with Gasteiger partial charge in [-0.05, 0) is 47.0 Å². The second-order valence-corrected chi connectivity index (χ2v) is 6.21. The summed E-state index contributed by atoms with van der Waals surface area (Å²) in [6.45, 7) is 0. The predicted molar refractivity (Wildman–Crippen MR) is 110 cm³/mol. The third kappa shape index (κ3) is 5.03. The molecular weight excluding hydrogens is 362 g/mol. The molecule has 0 saturated heterocycles. The molecule has 27 heavy (non-hydrogen) atoms. The van der Waals surface area contributed by atoms with E-state index in [9.17, 15) is 10.1 Å². The average molecular weight is 378 g/mol. The van der Waals surface area contributed by atoms with E-state index < -0.39 is 4.92 Å². The van der Waals surface area contributed by atoms with Crippen LogP contribution in [0, 0.1) is 10.1 Å². The summed E-state index contributed by atoms with van der Waals surface area (Å²) in [7, 11) is 0. The predicted octanol–water partition coefficient (Wildman–Crippen LogP) is 5.62. The van der Waals surface area contributed by atoms with Gasteiger partial charge in [0, 0.05) is 17.2 Å². The van der Waals surface area contributed by atoms with Crippen molar-refractivity contribution in [2.75, 3.05) is 0 Å². The fourth-order valence-corrected chi connectivity index (χ4v) is 2.60. The minimum atomic E-state index is -0.399. The molecule has 2 N–H and O–H groups in total. The maximum absolute atomic E-state index is 10.9.